The number of nitrogens with one attached hydrogen (secondary N) is 1. The molecular weight excluding hydrogens is 258 g/mol. The first-order valence-electron chi connectivity index (χ1n) is 6.47. The zero-order valence-corrected chi connectivity index (χ0v) is 12.5. The molecule has 0 amide bonds. The van der Waals surface area contributed by atoms with Crippen molar-refractivity contribution in [2.24, 2.45) is 5.41 Å². The fraction of sp³-hybridized carbons (Fsp3) is 0.571. The van der Waals surface area contributed by atoms with Gasteiger partial charge in [-0.1, -0.05) is 13.8 Å². The fourth-order valence-corrected chi connectivity index (χ4v) is 1.69. The van der Waals surface area contributed by atoms with E-state index in [0.717, 1.165) is 6.42 Å². The van der Waals surface area contributed by atoms with Crippen molar-refractivity contribution < 1.29 is 14.3 Å². The second-order valence-corrected chi connectivity index (χ2v) is 5.37. The van der Waals surface area contributed by atoms with E-state index in [-0.39, 0.29) is 5.41 Å². The lowest BCUT2D eigenvalue weighted by molar-refractivity contribution is 0.0602. The normalized spacial score (nSPS) is 11.2. The van der Waals surface area contributed by atoms with E-state index in [1.807, 2.05) is 0 Å². The zero-order valence-electron chi connectivity index (χ0n) is 12.5. The average Bonchev–Trinajstić information content (AvgIpc) is 2.43. The molecule has 0 bridgehead atoms. The van der Waals surface area contributed by atoms with Crippen LogP contribution in [-0.2, 0) is 9.47 Å². The molecule has 0 aliphatic heterocycles. The molecule has 0 aromatic carbocycles. The second kappa shape index (κ2) is 7.09. The van der Waals surface area contributed by atoms with Gasteiger partial charge in [-0.2, -0.15) is 0 Å². The average molecular weight is 281 g/mol. The summed E-state index contributed by atoms with van der Waals surface area (Å²) in [6.07, 6.45) is 2.44. The molecule has 0 aliphatic rings. The van der Waals surface area contributed by atoms with Crippen molar-refractivity contribution in [1.82, 2.24) is 4.98 Å². The SMILES string of the molecule is COCCC(C)(C)CNc1nccc(C(=O)OC)c1N. The van der Waals surface area contributed by atoms with E-state index in [4.69, 9.17) is 10.5 Å². The molecule has 112 valence electrons. The van der Waals surface area contributed by atoms with Crippen molar-refractivity contribution in [1.29, 1.82) is 0 Å². The van der Waals surface area contributed by atoms with Gasteiger partial charge in [-0.25, -0.2) is 9.78 Å². The highest BCUT2D eigenvalue weighted by molar-refractivity contribution is 5.97. The van der Waals surface area contributed by atoms with Crippen molar-refractivity contribution in [3.63, 3.8) is 0 Å². The number of ether oxygens (including phenoxy) is 2. The number of nitrogens with zero attached hydrogens (tertiary/aromatic N) is 1. The summed E-state index contributed by atoms with van der Waals surface area (Å²) in [5.41, 5.74) is 6.60. The number of anilines is 2. The minimum Gasteiger partial charge on any atom is -0.465 e. The summed E-state index contributed by atoms with van der Waals surface area (Å²) in [4.78, 5) is 15.7. The lowest BCUT2D eigenvalue weighted by Crippen LogP contribution is -2.25. The van der Waals surface area contributed by atoms with Gasteiger partial charge < -0.3 is 20.5 Å². The van der Waals surface area contributed by atoms with Crippen LogP contribution in [0.4, 0.5) is 11.5 Å². The number of pyridine rings is 1. The fourth-order valence-electron chi connectivity index (χ4n) is 1.69. The summed E-state index contributed by atoms with van der Waals surface area (Å²) < 4.78 is 9.77. The molecule has 0 fully saturated rings. The highest BCUT2D eigenvalue weighted by Crippen LogP contribution is 2.24. The predicted molar refractivity (Wildman–Crippen MR) is 78.8 cm³/mol. The monoisotopic (exact) mass is 281 g/mol. The molecule has 20 heavy (non-hydrogen) atoms. The first kappa shape index (κ1) is 16.2. The number of nitrogen functional groups attached to an aromatic ring is 1. The van der Waals surface area contributed by atoms with Crippen LogP contribution in [0.5, 0.6) is 0 Å². The molecule has 0 aliphatic carbocycles. The molecule has 1 rings (SSSR count). The Kier molecular flexibility index (Phi) is 5.76. The molecule has 6 nitrogen and oxygen atoms in total. The highest BCUT2D eigenvalue weighted by Gasteiger charge is 2.19. The minimum absolute atomic E-state index is 0.0331. The van der Waals surface area contributed by atoms with Crippen LogP contribution in [0.2, 0.25) is 0 Å². The van der Waals surface area contributed by atoms with Gasteiger partial charge in [0.05, 0.1) is 18.4 Å². The minimum atomic E-state index is -0.466. The Morgan fingerprint density at radius 3 is 2.75 bits per heavy atom. The van der Waals surface area contributed by atoms with Crippen molar-refractivity contribution in [2.75, 3.05) is 38.4 Å². The summed E-state index contributed by atoms with van der Waals surface area (Å²) in [5, 5.41) is 3.18. The number of carbonyl (C=O) groups excluding carboxylic acids is 1. The van der Waals surface area contributed by atoms with E-state index >= 15 is 0 Å². The van der Waals surface area contributed by atoms with Gasteiger partial charge in [0, 0.05) is 26.5 Å². The third-order valence-electron chi connectivity index (χ3n) is 3.11. The van der Waals surface area contributed by atoms with E-state index in [9.17, 15) is 4.79 Å². The summed E-state index contributed by atoms with van der Waals surface area (Å²) in [6.45, 7) is 5.62. The van der Waals surface area contributed by atoms with Crippen LogP contribution in [0.1, 0.15) is 30.6 Å². The molecule has 1 aromatic heterocycles. The molecular formula is C14H23N3O3. The van der Waals surface area contributed by atoms with Crippen molar-refractivity contribution in [3.05, 3.63) is 17.8 Å². The summed E-state index contributed by atoms with van der Waals surface area (Å²) >= 11 is 0. The molecule has 1 heterocycles. The number of nitrogens with two attached hydrogens (primary N) is 1. The van der Waals surface area contributed by atoms with Gasteiger partial charge in [-0.15, -0.1) is 0 Å². The highest BCUT2D eigenvalue weighted by atomic mass is 16.5. The van der Waals surface area contributed by atoms with Crippen LogP contribution in [0.3, 0.4) is 0 Å². The number of hydrogen-bond donors (Lipinski definition) is 2. The van der Waals surface area contributed by atoms with Crippen molar-refractivity contribution >= 4 is 17.5 Å². The van der Waals surface area contributed by atoms with Crippen LogP contribution in [0, 0.1) is 5.41 Å². The van der Waals surface area contributed by atoms with Crippen LogP contribution in [-0.4, -0.2) is 38.3 Å². The van der Waals surface area contributed by atoms with Crippen LogP contribution in [0.25, 0.3) is 0 Å². The molecule has 0 saturated carbocycles. The maximum Gasteiger partial charge on any atom is 0.340 e. The van der Waals surface area contributed by atoms with E-state index in [1.165, 1.54) is 13.3 Å². The molecule has 6 heteroatoms. The molecule has 0 saturated heterocycles. The van der Waals surface area contributed by atoms with Crippen LogP contribution in [0.15, 0.2) is 12.3 Å². The molecule has 3 N–H and O–H groups in total. The summed E-state index contributed by atoms with van der Waals surface area (Å²) in [6, 6.07) is 1.54. The Balaban J connectivity index is 2.76. The maximum absolute atomic E-state index is 11.6. The smallest absolute Gasteiger partial charge is 0.340 e. The van der Waals surface area contributed by atoms with E-state index in [2.05, 4.69) is 28.9 Å². The number of rotatable bonds is 7. The van der Waals surface area contributed by atoms with Gasteiger partial charge in [0.1, 0.15) is 5.82 Å². The second-order valence-electron chi connectivity index (χ2n) is 5.37. The van der Waals surface area contributed by atoms with Crippen molar-refractivity contribution in [2.45, 2.75) is 20.3 Å². The van der Waals surface area contributed by atoms with Gasteiger partial charge in [0.2, 0.25) is 0 Å². The lowest BCUT2D eigenvalue weighted by atomic mass is 9.90. The van der Waals surface area contributed by atoms with Gasteiger partial charge in [-0.3, -0.25) is 0 Å². The van der Waals surface area contributed by atoms with E-state index in [0.29, 0.717) is 30.2 Å². The van der Waals surface area contributed by atoms with E-state index < -0.39 is 5.97 Å². The number of esters is 1. The quantitative estimate of drug-likeness (QED) is 0.743. The van der Waals surface area contributed by atoms with Gasteiger partial charge in [0.25, 0.3) is 0 Å². The van der Waals surface area contributed by atoms with E-state index in [1.54, 1.807) is 13.2 Å². The molecule has 0 unspecified atom stereocenters. The summed E-state index contributed by atoms with van der Waals surface area (Å²) in [7, 11) is 3.01. The standard InChI is InChI=1S/C14H23N3O3/c1-14(2,6-8-19-3)9-17-12-11(15)10(5-7-16-12)13(18)20-4/h5,7H,6,8-9,15H2,1-4H3,(H,16,17). The van der Waals surface area contributed by atoms with Crippen LogP contribution < -0.4 is 11.1 Å². The molecule has 1 aromatic rings. The number of methoxy groups -OCH3 is 2. The third-order valence-corrected chi connectivity index (χ3v) is 3.11. The topological polar surface area (TPSA) is 86.5 Å². The first-order chi connectivity index (χ1) is 9.41. The third kappa shape index (κ3) is 4.38. The largest absolute Gasteiger partial charge is 0.465 e. The molecule has 0 radical (unpaired) electrons. The lowest BCUT2D eigenvalue weighted by Gasteiger charge is -2.25. The number of carbonyl (C=O) groups is 1. The van der Waals surface area contributed by atoms with Gasteiger partial charge in [0.15, 0.2) is 0 Å². The van der Waals surface area contributed by atoms with Crippen molar-refractivity contribution in [3.8, 4) is 0 Å². The zero-order chi connectivity index (χ0) is 15.2. The summed E-state index contributed by atoms with van der Waals surface area (Å²) in [5.74, 6) is 0.0324. The Morgan fingerprint density at radius 2 is 2.15 bits per heavy atom. The maximum atomic E-state index is 11.6. The Morgan fingerprint density at radius 1 is 1.45 bits per heavy atom. The first-order valence-corrected chi connectivity index (χ1v) is 6.47. The Hall–Kier alpha value is -1.82. The Bertz CT molecular complexity index is 461. The molecule has 0 spiro atoms. The number of hydrogen-bond acceptors (Lipinski definition) is 6. The van der Waals surface area contributed by atoms with Crippen LogP contribution >= 0.6 is 0 Å². The predicted octanol–water partition coefficient (Wildman–Crippen LogP) is 1.92. The number of aromatic nitrogens is 1. The molecule has 0 atom stereocenters. The van der Waals surface area contributed by atoms with Gasteiger partial charge >= 0.3 is 5.97 Å². The van der Waals surface area contributed by atoms with Gasteiger partial charge in [-0.05, 0) is 17.9 Å². The Labute approximate surface area is 119 Å².